The fraction of sp³-hybridized carbons (Fsp3) is 0.300. The summed E-state index contributed by atoms with van der Waals surface area (Å²) >= 11 is 14.8. The highest BCUT2D eigenvalue weighted by atomic mass is 35.5. The molecular weight excluding hydrogens is 283 g/mol. The highest BCUT2D eigenvalue weighted by Gasteiger charge is 2.08. The first-order valence-corrected chi connectivity index (χ1v) is 7.25. The van der Waals surface area contributed by atoms with Gasteiger partial charge in [-0.25, -0.2) is 4.98 Å². The Balaban J connectivity index is 2.05. The molecule has 0 N–H and O–H groups in total. The van der Waals surface area contributed by atoms with Crippen LogP contribution in [0.15, 0.2) is 17.5 Å². The van der Waals surface area contributed by atoms with E-state index < -0.39 is 0 Å². The van der Waals surface area contributed by atoms with E-state index in [4.69, 9.17) is 23.2 Å². The number of alkyl halides is 1. The van der Waals surface area contributed by atoms with E-state index in [1.165, 1.54) is 4.88 Å². The van der Waals surface area contributed by atoms with Crippen LogP contribution in [0.5, 0.6) is 0 Å². The fourth-order valence-corrected chi connectivity index (χ4v) is 3.43. The minimum absolute atomic E-state index is 0.467. The summed E-state index contributed by atoms with van der Waals surface area (Å²) in [7, 11) is 2.02. The molecule has 0 radical (unpaired) electrons. The van der Waals surface area contributed by atoms with Crippen molar-refractivity contribution in [2.75, 3.05) is 11.9 Å². The van der Waals surface area contributed by atoms with Crippen molar-refractivity contribution in [3.8, 4) is 0 Å². The van der Waals surface area contributed by atoms with Crippen molar-refractivity contribution >= 4 is 51.0 Å². The summed E-state index contributed by atoms with van der Waals surface area (Å²) in [5, 5.41) is 2.97. The average molecular weight is 293 g/mol. The Hall–Kier alpha value is -0.290. The lowest BCUT2D eigenvalue weighted by Crippen LogP contribution is -2.15. The van der Waals surface area contributed by atoms with Gasteiger partial charge in [0.25, 0.3) is 0 Å². The van der Waals surface area contributed by atoms with Gasteiger partial charge in [0, 0.05) is 17.3 Å². The first-order chi connectivity index (χ1) is 7.69. The molecule has 0 aromatic carbocycles. The number of hydrogen-bond donors (Lipinski definition) is 0. The van der Waals surface area contributed by atoms with Gasteiger partial charge < -0.3 is 4.90 Å². The third kappa shape index (κ3) is 2.88. The standard InChI is InChI=1S/C10H10Cl2N2S2/c1-14(5-8-2-3-9(12)16-8)10-13-7(4-11)6-15-10/h2-3,6H,4-5H2,1H3. The van der Waals surface area contributed by atoms with Crippen LogP contribution in [0.3, 0.4) is 0 Å². The zero-order chi connectivity index (χ0) is 11.5. The minimum atomic E-state index is 0.467. The lowest BCUT2D eigenvalue weighted by Gasteiger charge is -2.13. The molecule has 0 amide bonds. The van der Waals surface area contributed by atoms with Gasteiger partial charge in [0.2, 0.25) is 0 Å². The normalized spacial score (nSPS) is 10.7. The summed E-state index contributed by atoms with van der Waals surface area (Å²) in [5.74, 6) is 0.467. The van der Waals surface area contributed by atoms with Gasteiger partial charge >= 0.3 is 0 Å². The Kier molecular flexibility index (Phi) is 4.08. The van der Waals surface area contributed by atoms with Crippen LogP contribution >= 0.6 is 45.9 Å². The van der Waals surface area contributed by atoms with Crippen molar-refractivity contribution in [2.24, 2.45) is 0 Å². The number of anilines is 1. The number of aromatic nitrogens is 1. The molecule has 0 aliphatic heterocycles. The molecular formula is C10H10Cl2N2S2. The Morgan fingerprint density at radius 2 is 2.25 bits per heavy atom. The average Bonchev–Trinajstić information content (AvgIpc) is 2.87. The van der Waals surface area contributed by atoms with E-state index in [1.807, 2.05) is 24.6 Å². The monoisotopic (exact) mass is 292 g/mol. The minimum Gasteiger partial charge on any atom is -0.346 e. The molecule has 0 fully saturated rings. The molecule has 0 aliphatic rings. The molecule has 16 heavy (non-hydrogen) atoms. The van der Waals surface area contributed by atoms with Gasteiger partial charge in [0.05, 0.1) is 22.5 Å². The molecule has 2 rings (SSSR count). The fourth-order valence-electron chi connectivity index (χ4n) is 1.27. The predicted molar refractivity (Wildman–Crippen MR) is 73.1 cm³/mol. The molecule has 0 bridgehead atoms. The van der Waals surface area contributed by atoms with Gasteiger partial charge in [-0.15, -0.1) is 34.3 Å². The van der Waals surface area contributed by atoms with E-state index in [2.05, 4.69) is 9.88 Å². The van der Waals surface area contributed by atoms with Crippen LogP contribution in [0.4, 0.5) is 5.13 Å². The maximum Gasteiger partial charge on any atom is 0.185 e. The lowest BCUT2D eigenvalue weighted by atomic mass is 10.4. The summed E-state index contributed by atoms with van der Waals surface area (Å²) in [6, 6.07) is 3.96. The largest absolute Gasteiger partial charge is 0.346 e. The molecule has 0 saturated carbocycles. The van der Waals surface area contributed by atoms with E-state index in [0.29, 0.717) is 5.88 Å². The van der Waals surface area contributed by atoms with Crippen LogP contribution in [0.2, 0.25) is 4.34 Å². The molecule has 0 unspecified atom stereocenters. The van der Waals surface area contributed by atoms with Crippen molar-refractivity contribution < 1.29 is 0 Å². The molecule has 86 valence electrons. The number of thiazole rings is 1. The van der Waals surface area contributed by atoms with Crippen LogP contribution in [0, 0.1) is 0 Å². The topological polar surface area (TPSA) is 16.1 Å². The van der Waals surface area contributed by atoms with Crippen LogP contribution in [-0.4, -0.2) is 12.0 Å². The molecule has 0 spiro atoms. The van der Waals surface area contributed by atoms with E-state index in [1.54, 1.807) is 22.7 Å². The molecule has 2 aromatic heterocycles. The third-order valence-corrected chi connectivity index (χ3v) is 4.52. The van der Waals surface area contributed by atoms with Crippen LogP contribution in [0.25, 0.3) is 0 Å². The quantitative estimate of drug-likeness (QED) is 0.784. The van der Waals surface area contributed by atoms with Crippen molar-refractivity contribution in [1.82, 2.24) is 4.98 Å². The molecule has 2 aromatic rings. The van der Waals surface area contributed by atoms with Gasteiger partial charge in [0.15, 0.2) is 5.13 Å². The number of nitrogens with zero attached hydrogens (tertiary/aromatic N) is 2. The lowest BCUT2D eigenvalue weighted by molar-refractivity contribution is 0.925. The smallest absolute Gasteiger partial charge is 0.185 e. The van der Waals surface area contributed by atoms with Gasteiger partial charge in [-0.1, -0.05) is 11.6 Å². The second-order valence-corrected chi connectivity index (χ2v) is 6.22. The molecule has 2 nitrogen and oxygen atoms in total. The van der Waals surface area contributed by atoms with E-state index in [9.17, 15) is 0 Å². The maximum atomic E-state index is 5.89. The summed E-state index contributed by atoms with van der Waals surface area (Å²) < 4.78 is 0.823. The van der Waals surface area contributed by atoms with Crippen molar-refractivity contribution in [3.05, 3.63) is 32.4 Å². The summed E-state index contributed by atoms with van der Waals surface area (Å²) in [5.41, 5.74) is 0.928. The molecule has 0 atom stereocenters. The van der Waals surface area contributed by atoms with Gasteiger partial charge in [-0.3, -0.25) is 0 Å². The summed E-state index contributed by atoms with van der Waals surface area (Å²) in [6.45, 7) is 0.826. The van der Waals surface area contributed by atoms with Crippen LogP contribution in [-0.2, 0) is 12.4 Å². The number of hydrogen-bond acceptors (Lipinski definition) is 4. The SMILES string of the molecule is CN(Cc1ccc(Cl)s1)c1nc(CCl)cs1. The van der Waals surface area contributed by atoms with E-state index >= 15 is 0 Å². The van der Waals surface area contributed by atoms with Crippen molar-refractivity contribution in [1.29, 1.82) is 0 Å². The van der Waals surface area contributed by atoms with Crippen molar-refractivity contribution in [2.45, 2.75) is 12.4 Å². The van der Waals surface area contributed by atoms with E-state index in [-0.39, 0.29) is 0 Å². The van der Waals surface area contributed by atoms with Gasteiger partial charge in [-0.2, -0.15) is 0 Å². The molecule has 2 heterocycles. The molecule has 6 heteroatoms. The van der Waals surface area contributed by atoms with Crippen molar-refractivity contribution in [3.63, 3.8) is 0 Å². The zero-order valence-corrected chi connectivity index (χ0v) is 11.8. The number of thiophene rings is 1. The number of rotatable bonds is 4. The third-order valence-electron chi connectivity index (χ3n) is 2.02. The zero-order valence-electron chi connectivity index (χ0n) is 8.61. The van der Waals surface area contributed by atoms with Gasteiger partial charge in [-0.05, 0) is 12.1 Å². The maximum absolute atomic E-state index is 5.89. The second-order valence-electron chi connectivity index (χ2n) is 3.32. The Labute approximate surface area is 112 Å². The van der Waals surface area contributed by atoms with Crippen LogP contribution in [0.1, 0.15) is 10.6 Å². The summed E-state index contributed by atoms with van der Waals surface area (Å²) in [4.78, 5) is 7.75. The van der Waals surface area contributed by atoms with E-state index in [0.717, 1.165) is 21.7 Å². The van der Waals surface area contributed by atoms with Gasteiger partial charge in [0.1, 0.15) is 0 Å². The predicted octanol–water partition coefficient (Wildman–Crippen LogP) is 4.23. The Bertz CT molecular complexity index is 467. The highest BCUT2D eigenvalue weighted by molar-refractivity contribution is 7.16. The first kappa shape index (κ1) is 12.2. The second kappa shape index (κ2) is 5.36. The Morgan fingerprint density at radius 1 is 1.44 bits per heavy atom. The van der Waals surface area contributed by atoms with Crippen LogP contribution < -0.4 is 4.90 Å². The number of halogens is 2. The molecule has 0 aliphatic carbocycles. The highest BCUT2D eigenvalue weighted by Crippen LogP contribution is 2.26. The first-order valence-electron chi connectivity index (χ1n) is 4.65. The molecule has 0 saturated heterocycles. The summed E-state index contributed by atoms with van der Waals surface area (Å²) in [6.07, 6.45) is 0. The Morgan fingerprint density at radius 3 is 2.81 bits per heavy atom.